The van der Waals surface area contributed by atoms with E-state index in [0.29, 0.717) is 19.4 Å². The van der Waals surface area contributed by atoms with Crippen molar-refractivity contribution >= 4 is 0 Å². The molecule has 1 atom stereocenters. The third kappa shape index (κ3) is 1.86. The zero-order valence-electron chi connectivity index (χ0n) is 9.93. The van der Waals surface area contributed by atoms with Crippen molar-refractivity contribution in [1.29, 1.82) is 5.26 Å². The fourth-order valence-electron chi connectivity index (χ4n) is 2.39. The van der Waals surface area contributed by atoms with Gasteiger partial charge in [0.2, 0.25) is 0 Å². The van der Waals surface area contributed by atoms with Crippen LogP contribution < -0.4 is 4.74 Å². The maximum atomic E-state index is 9.49. The van der Waals surface area contributed by atoms with Crippen LogP contribution in [-0.4, -0.2) is 6.61 Å². The quantitative estimate of drug-likeness (QED) is 0.809. The van der Waals surface area contributed by atoms with Gasteiger partial charge >= 0.3 is 0 Å². The highest BCUT2D eigenvalue weighted by atomic mass is 16.5. The lowest BCUT2D eigenvalue weighted by Crippen LogP contribution is -2.35. The first-order valence-electron chi connectivity index (χ1n) is 5.96. The molecule has 1 aliphatic rings. The van der Waals surface area contributed by atoms with Gasteiger partial charge in [0, 0.05) is 6.42 Å². The van der Waals surface area contributed by atoms with Crippen molar-refractivity contribution in [2.75, 3.05) is 6.61 Å². The first kappa shape index (κ1) is 10.9. The molecule has 0 amide bonds. The van der Waals surface area contributed by atoms with Crippen molar-refractivity contribution in [3.63, 3.8) is 0 Å². The monoisotopic (exact) mass is 239 g/mol. The fraction of sp³-hybridized carbons (Fsp3) is 0.267. The summed E-state index contributed by atoms with van der Waals surface area (Å²) in [5.41, 5.74) is 0.573. The largest absolute Gasteiger partial charge is 0.492 e. The Bertz CT molecular complexity index is 583. The van der Waals surface area contributed by atoms with Gasteiger partial charge in [-0.15, -0.1) is 0 Å². The summed E-state index contributed by atoms with van der Waals surface area (Å²) in [7, 11) is 0. The molecule has 2 heterocycles. The summed E-state index contributed by atoms with van der Waals surface area (Å²) < 4.78 is 11.1. The summed E-state index contributed by atoms with van der Waals surface area (Å²) in [5.74, 6) is 1.72. The fourth-order valence-corrected chi connectivity index (χ4v) is 2.39. The summed E-state index contributed by atoms with van der Waals surface area (Å²) in [4.78, 5) is 0. The number of rotatable bonds is 2. The van der Waals surface area contributed by atoms with Gasteiger partial charge in [-0.1, -0.05) is 18.2 Å². The highest BCUT2D eigenvalue weighted by Crippen LogP contribution is 2.36. The molecule has 90 valence electrons. The van der Waals surface area contributed by atoms with Crippen molar-refractivity contribution in [1.82, 2.24) is 0 Å². The molecule has 0 radical (unpaired) electrons. The molecule has 1 aromatic heterocycles. The van der Waals surface area contributed by atoms with E-state index >= 15 is 0 Å². The Labute approximate surface area is 106 Å². The number of ether oxygens (including phenoxy) is 1. The molecule has 3 nitrogen and oxygen atoms in total. The summed E-state index contributed by atoms with van der Waals surface area (Å²) in [6.07, 6.45) is 2.93. The smallest absolute Gasteiger partial charge is 0.122 e. The van der Waals surface area contributed by atoms with Crippen molar-refractivity contribution in [2.24, 2.45) is 5.41 Å². The van der Waals surface area contributed by atoms with E-state index in [1.165, 1.54) is 0 Å². The number of benzene rings is 1. The first-order valence-corrected chi connectivity index (χ1v) is 5.96. The number of para-hydroxylation sites is 1. The Morgan fingerprint density at radius 2 is 2.11 bits per heavy atom. The molecule has 0 saturated heterocycles. The van der Waals surface area contributed by atoms with E-state index in [9.17, 15) is 5.26 Å². The third-order valence-corrected chi connectivity index (χ3v) is 3.34. The predicted octanol–water partition coefficient (Wildman–Crippen LogP) is 2.97. The Balaban J connectivity index is 1.89. The summed E-state index contributed by atoms with van der Waals surface area (Å²) in [6.45, 7) is 0.418. The predicted molar refractivity (Wildman–Crippen MR) is 66.1 cm³/mol. The molecule has 2 aromatic rings. The molecule has 0 aliphatic carbocycles. The number of nitrogens with zero attached hydrogens (tertiary/aromatic N) is 1. The van der Waals surface area contributed by atoms with Crippen molar-refractivity contribution in [2.45, 2.75) is 12.8 Å². The molecule has 0 spiro atoms. The number of furan rings is 1. The van der Waals surface area contributed by atoms with Gasteiger partial charge < -0.3 is 9.15 Å². The molecule has 1 aromatic carbocycles. The highest BCUT2D eigenvalue weighted by molar-refractivity contribution is 5.37. The normalized spacial score (nSPS) is 21.7. The van der Waals surface area contributed by atoms with Crippen LogP contribution in [0.25, 0.3) is 0 Å². The van der Waals surface area contributed by atoms with Gasteiger partial charge in [0.05, 0.1) is 12.3 Å². The zero-order chi connectivity index (χ0) is 12.4. The lowest BCUT2D eigenvalue weighted by atomic mass is 9.78. The van der Waals surface area contributed by atoms with E-state index in [1.807, 2.05) is 36.4 Å². The molecular formula is C15H13NO2. The topological polar surface area (TPSA) is 46.2 Å². The van der Waals surface area contributed by atoms with E-state index in [2.05, 4.69) is 6.07 Å². The average Bonchev–Trinajstić information content (AvgIpc) is 2.91. The number of fused-ring (bicyclic) bond motifs is 1. The minimum absolute atomic E-state index is 0.418. The maximum Gasteiger partial charge on any atom is 0.122 e. The Hall–Kier alpha value is -2.21. The molecule has 0 bridgehead atoms. The number of hydrogen-bond donors (Lipinski definition) is 0. The minimum Gasteiger partial charge on any atom is -0.492 e. The Morgan fingerprint density at radius 3 is 2.89 bits per heavy atom. The van der Waals surface area contributed by atoms with Crippen LogP contribution in [0.1, 0.15) is 11.3 Å². The van der Waals surface area contributed by atoms with Gasteiger partial charge in [0.1, 0.15) is 23.5 Å². The number of nitriles is 1. The molecule has 18 heavy (non-hydrogen) atoms. The third-order valence-electron chi connectivity index (χ3n) is 3.34. The van der Waals surface area contributed by atoms with Gasteiger partial charge in [0.15, 0.2) is 0 Å². The van der Waals surface area contributed by atoms with Crippen LogP contribution in [0.15, 0.2) is 47.1 Å². The lowest BCUT2D eigenvalue weighted by Gasteiger charge is -2.31. The van der Waals surface area contributed by atoms with Gasteiger partial charge in [-0.3, -0.25) is 0 Å². The van der Waals surface area contributed by atoms with Crippen molar-refractivity contribution < 1.29 is 9.15 Å². The second kappa shape index (κ2) is 4.23. The molecular weight excluding hydrogens is 226 g/mol. The van der Waals surface area contributed by atoms with E-state index < -0.39 is 5.41 Å². The van der Waals surface area contributed by atoms with Gasteiger partial charge in [-0.2, -0.15) is 5.26 Å². The minimum atomic E-state index is -0.522. The second-order valence-corrected chi connectivity index (χ2v) is 4.72. The average molecular weight is 239 g/mol. The van der Waals surface area contributed by atoms with E-state index in [0.717, 1.165) is 17.1 Å². The van der Waals surface area contributed by atoms with Crippen molar-refractivity contribution in [3.05, 3.63) is 54.0 Å². The molecule has 1 aliphatic heterocycles. The van der Waals surface area contributed by atoms with Gasteiger partial charge in [-0.05, 0) is 30.2 Å². The van der Waals surface area contributed by atoms with Crippen molar-refractivity contribution in [3.8, 4) is 11.8 Å². The van der Waals surface area contributed by atoms with E-state index in [4.69, 9.17) is 9.15 Å². The molecule has 3 heteroatoms. The van der Waals surface area contributed by atoms with Crippen LogP contribution in [-0.2, 0) is 12.8 Å². The van der Waals surface area contributed by atoms with Crippen LogP contribution in [0.5, 0.6) is 5.75 Å². The van der Waals surface area contributed by atoms with E-state index in [1.54, 1.807) is 6.26 Å². The molecule has 0 saturated carbocycles. The van der Waals surface area contributed by atoms with Gasteiger partial charge in [-0.25, -0.2) is 0 Å². The number of hydrogen-bond acceptors (Lipinski definition) is 3. The van der Waals surface area contributed by atoms with Gasteiger partial charge in [0.25, 0.3) is 0 Å². The summed E-state index contributed by atoms with van der Waals surface area (Å²) in [6, 6.07) is 14.0. The lowest BCUT2D eigenvalue weighted by molar-refractivity contribution is 0.163. The standard InChI is InChI=1S/C15H13NO2/c16-10-15(9-13-5-3-7-17-13)8-12-4-1-2-6-14(12)18-11-15/h1-7H,8-9,11H2. The second-order valence-electron chi connectivity index (χ2n) is 4.72. The Kier molecular flexibility index (Phi) is 2.56. The van der Waals surface area contributed by atoms with Crippen LogP contribution >= 0.6 is 0 Å². The van der Waals surface area contributed by atoms with Crippen LogP contribution in [0.3, 0.4) is 0 Å². The molecule has 3 rings (SSSR count). The molecule has 0 N–H and O–H groups in total. The zero-order valence-corrected chi connectivity index (χ0v) is 9.93. The summed E-state index contributed by atoms with van der Waals surface area (Å²) in [5, 5.41) is 9.49. The maximum absolute atomic E-state index is 9.49. The summed E-state index contributed by atoms with van der Waals surface area (Å²) >= 11 is 0. The first-order chi connectivity index (χ1) is 8.81. The highest BCUT2D eigenvalue weighted by Gasteiger charge is 2.37. The van der Waals surface area contributed by atoms with Crippen LogP contribution in [0, 0.1) is 16.7 Å². The van der Waals surface area contributed by atoms with Crippen LogP contribution in [0.2, 0.25) is 0 Å². The molecule has 1 unspecified atom stereocenters. The Morgan fingerprint density at radius 1 is 1.22 bits per heavy atom. The molecule has 0 fully saturated rings. The SMILES string of the molecule is N#CC1(Cc2ccco2)COc2ccccc2C1. The van der Waals surface area contributed by atoms with Crippen LogP contribution in [0.4, 0.5) is 0 Å². The van der Waals surface area contributed by atoms with E-state index in [-0.39, 0.29) is 0 Å².